The molecule has 3 heterocycles. The molecule has 0 unspecified atom stereocenters. The lowest BCUT2D eigenvalue weighted by Crippen LogP contribution is -2.76. The first-order valence-electron chi connectivity index (χ1n) is 16.3. The third-order valence-electron chi connectivity index (χ3n) is 8.49. The molecule has 0 aliphatic rings. The zero-order valence-electron chi connectivity index (χ0n) is 27.2. The highest BCUT2D eigenvalue weighted by atomic mass is 28.3. The molecule has 5 aromatic carbocycles. The molecule has 0 bridgehead atoms. The van der Waals surface area contributed by atoms with Crippen molar-refractivity contribution in [1.82, 2.24) is 24.5 Å². The Balaban J connectivity index is 1.63. The lowest BCUT2D eigenvalue weighted by Gasteiger charge is -2.35. The molecule has 214 valence electrons. The van der Waals surface area contributed by atoms with E-state index in [9.17, 15) is 0 Å². The van der Waals surface area contributed by atoms with Gasteiger partial charge in [-0.25, -0.2) is 19.9 Å². The van der Waals surface area contributed by atoms with Crippen LogP contribution in [0, 0.1) is 6.85 Å². The van der Waals surface area contributed by atoms with Crippen molar-refractivity contribution in [1.29, 1.82) is 0 Å². The summed E-state index contributed by atoms with van der Waals surface area (Å²) in [6, 6.07) is 48.9. The second kappa shape index (κ2) is 11.1. The first-order valence-corrected chi connectivity index (χ1v) is 16.8. The van der Waals surface area contributed by atoms with E-state index in [0.717, 1.165) is 37.4 Å². The second-order valence-electron chi connectivity index (χ2n) is 10.9. The number of aromatic nitrogens is 5. The number of nitrogens with zero attached hydrogens (tertiary/aromatic N) is 5. The Morgan fingerprint density at radius 3 is 1.58 bits per heavy atom. The fourth-order valence-corrected chi connectivity index (χ4v) is 11.4. The number of fused-ring (bicyclic) bond motifs is 3. The molecular formula is C39H29N5Si. The van der Waals surface area contributed by atoms with Crippen molar-refractivity contribution in [2.24, 2.45) is 0 Å². The molecule has 0 aliphatic carbocycles. The Hall–Kier alpha value is -5.72. The van der Waals surface area contributed by atoms with Gasteiger partial charge in [-0.3, -0.25) is 4.57 Å². The van der Waals surface area contributed by atoms with Gasteiger partial charge in [0.05, 0.1) is 27.7 Å². The summed E-state index contributed by atoms with van der Waals surface area (Å²) < 4.78 is 28.8. The highest BCUT2D eigenvalue weighted by molar-refractivity contribution is 7.20. The summed E-state index contributed by atoms with van der Waals surface area (Å²) in [5, 5.41) is 5.88. The van der Waals surface area contributed by atoms with Crippen molar-refractivity contribution < 1.29 is 4.11 Å². The fraction of sp³-hybridized carbons (Fsp3) is 0.0256. The van der Waals surface area contributed by atoms with E-state index in [4.69, 9.17) is 14.1 Å². The van der Waals surface area contributed by atoms with E-state index in [1.165, 1.54) is 6.33 Å². The monoisotopic (exact) mass is 598 g/mol. The SMILES string of the molecule is [2H]C([2H])([2H])c1nc(-n2c3ccccc3c3ccccc32)nc([Si](c2ccccc2)(c2ccccc2)c2ccccc2)c1-c1ccncn1. The average molecular weight is 599 g/mol. The number of hydrogen-bond acceptors (Lipinski definition) is 4. The van der Waals surface area contributed by atoms with Crippen LogP contribution in [-0.4, -0.2) is 32.6 Å². The third-order valence-corrected chi connectivity index (χ3v) is 13.2. The van der Waals surface area contributed by atoms with Crippen molar-refractivity contribution in [3.63, 3.8) is 0 Å². The zero-order valence-corrected chi connectivity index (χ0v) is 25.2. The number of para-hydroxylation sites is 2. The minimum absolute atomic E-state index is 0.0530. The molecule has 0 atom stereocenters. The van der Waals surface area contributed by atoms with E-state index in [0.29, 0.717) is 22.5 Å². The van der Waals surface area contributed by atoms with Crippen molar-refractivity contribution in [3.05, 3.63) is 164 Å². The van der Waals surface area contributed by atoms with E-state index >= 15 is 0 Å². The minimum Gasteiger partial charge on any atom is -0.278 e. The Morgan fingerprint density at radius 1 is 0.578 bits per heavy atom. The Labute approximate surface area is 266 Å². The number of hydrogen-bond donors (Lipinski definition) is 0. The summed E-state index contributed by atoms with van der Waals surface area (Å²) >= 11 is 0. The van der Waals surface area contributed by atoms with E-state index < -0.39 is 14.9 Å². The van der Waals surface area contributed by atoms with E-state index in [-0.39, 0.29) is 5.69 Å². The van der Waals surface area contributed by atoms with Gasteiger partial charge in [-0.05, 0) is 40.6 Å². The van der Waals surface area contributed by atoms with Crippen LogP contribution in [0.5, 0.6) is 0 Å². The van der Waals surface area contributed by atoms with Crippen molar-refractivity contribution in [3.8, 4) is 17.2 Å². The molecule has 0 fully saturated rings. The van der Waals surface area contributed by atoms with Gasteiger partial charge in [-0.1, -0.05) is 127 Å². The first kappa shape index (κ1) is 23.7. The summed E-state index contributed by atoms with van der Waals surface area (Å²) in [5.41, 5.74) is 2.59. The number of aryl methyl sites for hydroxylation is 1. The molecule has 0 amide bonds. The van der Waals surface area contributed by atoms with Crippen LogP contribution < -0.4 is 20.9 Å². The Bertz CT molecular complexity index is 2230. The van der Waals surface area contributed by atoms with Gasteiger partial charge in [0.25, 0.3) is 0 Å². The summed E-state index contributed by atoms with van der Waals surface area (Å²) in [4.78, 5) is 19.4. The number of rotatable bonds is 6. The smallest absolute Gasteiger partial charge is 0.234 e. The number of benzene rings is 5. The molecule has 0 spiro atoms. The minimum atomic E-state index is -3.39. The van der Waals surface area contributed by atoms with Crippen LogP contribution in [0.25, 0.3) is 39.0 Å². The van der Waals surface area contributed by atoms with Crippen LogP contribution in [0.2, 0.25) is 0 Å². The van der Waals surface area contributed by atoms with Crippen LogP contribution in [0.3, 0.4) is 0 Å². The molecule has 3 aromatic heterocycles. The van der Waals surface area contributed by atoms with Gasteiger partial charge in [0.1, 0.15) is 6.33 Å². The van der Waals surface area contributed by atoms with E-state index in [1.807, 2.05) is 95.6 Å². The maximum absolute atomic E-state index is 8.93. The highest BCUT2D eigenvalue weighted by Gasteiger charge is 2.45. The average Bonchev–Trinajstić information content (AvgIpc) is 3.47. The molecule has 5 nitrogen and oxygen atoms in total. The van der Waals surface area contributed by atoms with Gasteiger partial charge in [-0.15, -0.1) is 0 Å². The molecule has 8 rings (SSSR count). The third kappa shape index (κ3) is 4.30. The van der Waals surface area contributed by atoms with Gasteiger partial charge >= 0.3 is 0 Å². The zero-order chi connectivity index (χ0) is 32.7. The van der Waals surface area contributed by atoms with E-state index in [1.54, 1.807) is 12.3 Å². The largest absolute Gasteiger partial charge is 0.278 e. The summed E-state index contributed by atoms with van der Waals surface area (Å²) in [7, 11) is -3.39. The van der Waals surface area contributed by atoms with Gasteiger partial charge in [-0.2, -0.15) is 0 Å². The maximum atomic E-state index is 8.93. The predicted octanol–water partition coefficient (Wildman–Crippen LogP) is 5.72. The summed E-state index contributed by atoms with van der Waals surface area (Å²) in [5.74, 6) is 0.297. The van der Waals surface area contributed by atoms with Crippen LogP contribution in [-0.2, 0) is 0 Å². The summed E-state index contributed by atoms with van der Waals surface area (Å²) in [6.45, 7) is -2.60. The van der Waals surface area contributed by atoms with Gasteiger partial charge < -0.3 is 0 Å². The molecule has 0 saturated heterocycles. The fourth-order valence-electron chi connectivity index (χ4n) is 6.61. The second-order valence-corrected chi connectivity index (χ2v) is 14.6. The maximum Gasteiger partial charge on any atom is 0.234 e. The van der Waals surface area contributed by atoms with Gasteiger partial charge in [0.2, 0.25) is 14.0 Å². The van der Waals surface area contributed by atoms with Crippen molar-refractivity contribution >= 4 is 50.8 Å². The molecule has 8 aromatic rings. The van der Waals surface area contributed by atoms with Crippen molar-refractivity contribution in [2.75, 3.05) is 0 Å². The van der Waals surface area contributed by atoms with E-state index in [2.05, 4.69) is 58.5 Å². The molecule has 6 heteroatoms. The van der Waals surface area contributed by atoms with Crippen LogP contribution in [0.4, 0.5) is 0 Å². The standard InChI is InChI=1S/C39H29N5Si/c1-28-37(34-25-26-40-27-41-34)38(43-39(42-28)44-35-23-13-11-21-32(35)33-22-12-14-24-36(33)44)45(29-15-5-2-6-16-29,30-17-7-3-8-18-30)31-19-9-4-10-20-31/h2-27H,1H3/i1D3. The summed E-state index contributed by atoms with van der Waals surface area (Å²) in [6.07, 6.45) is 3.08. The normalized spacial score (nSPS) is 12.9. The molecule has 45 heavy (non-hydrogen) atoms. The Morgan fingerprint density at radius 2 is 1.09 bits per heavy atom. The lowest BCUT2D eigenvalue weighted by molar-refractivity contribution is 0.975. The first-order chi connectivity index (χ1) is 23.5. The highest BCUT2D eigenvalue weighted by Crippen LogP contribution is 2.31. The molecule has 0 aliphatic heterocycles. The van der Waals surface area contributed by atoms with Crippen LogP contribution in [0.1, 0.15) is 9.81 Å². The topological polar surface area (TPSA) is 56.5 Å². The molecular weight excluding hydrogens is 567 g/mol. The molecule has 0 saturated carbocycles. The van der Waals surface area contributed by atoms with Gasteiger partial charge in [0, 0.05) is 26.6 Å². The van der Waals surface area contributed by atoms with Crippen molar-refractivity contribution in [2.45, 2.75) is 6.85 Å². The lowest BCUT2D eigenvalue weighted by atomic mass is 10.2. The van der Waals surface area contributed by atoms with Crippen LogP contribution in [0.15, 0.2) is 158 Å². The molecule has 0 radical (unpaired) electrons. The Kier molecular flexibility index (Phi) is 5.84. The predicted molar refractivity (Wildman–Crippen MR) is 186 cm³/mol. The van der Waals surface area contributed by atoms with Gasteiger partial charge in [0.15, 0.2) is 0 Å². The molecule has 0 N–H and O–H groups in total. The quantitative estimate of drug-likeness (QED) is 0.182. The van der Waals surface area contributed by atoms with Crippen LogP contribution >= 0.6 is 0 Å².